The third-order valence-electron chi connectivity index (χ3n) is 2.05. The van der Waals surface area contributed by atoms with Gasteiger partial charge in [-0.3, -0.25) is 9.59 Å². The van der Waals surface area contributed by atoms with Crippen LogP contribution in [0.4, 0.5) is 0 Å². The van der Waals surface area contributed by atoms with Crippen molar-refractivity contribution >= 4 is 39.8 Å². The zero-order valence-electron chi connectivity index (χ0n) is 8.49. The number of alkyl halides is 1. The third kappa shape index (κ3) is 2.92. The smallest absolute Gasteiger partial charge is 0.150 e. The molecule has 1 rings (SSSR count). The van der Waals surface area contributed by atoms with Gasteiger partial charge in [0, 0.05) is 10.5 Å². The standard InChI is InChI=1S/C11H11BrO2S/c1-7(14)11(12)10-5-9(15-2)4-3-8(10)6-13/h3-6,11H,1-2H3. The number of carbonyl (C=O) groups excluding carboxylic acids is 2. The Morgan fingerprint density at radius 1 is 1.53 bits per heavy atom. The van der Waals surface area contributed by atoms with Crippen molar-refractivity contribution in [2.45, 2.75) is 16.6 Å². The number of ketones is 1. The van der Waals surface area contributed by atoms with E-state index in [9.17, 15) is 9.59 Å². The number of halogens is 1. The van der Waals surface area contributed by atoms with Gasteiger partial charge in [-0.1, -0.05) is 22.0 Å². The second kappa shape index (κ2) is 5.47. The van der Waals surface area contributed by atoms with E-state index in [4.69, 9.17) is 0 Å². The van der Waals surface area contributed by atoms with Gasteiger partial charge in [0.25, 0.3) is 0 Å². The van der Waals surface area contributed by atoms with Gasteiger partial charge in [0.15, 0.2) is 0 Å². The lowest BCUT2D eigenvalue weighted by molar-refractivity contribution is -0.116. The van der Waals surface area contributed by atoms with Crippen LogP contribution in [0.3, 0.4) is 0 Å². The molecule has 0 radical (unpaired) electrons. The van der Waals surface area contributed by atoms with Crippen LogP contribution in [0.25, 0.3) is 0 Å². The molecular formula is C11H11BrO2S. The Morgan fingerprint density at radius 3 is 2.67 bits per heavy atom. The van der Waals surface area contributed by atoms with Crippen LogP contribution in [0.5, 0.6) is 0 Å². The maximum absolute atomic E-state index is 11.2. The largest absolute Gasteiger partial charge is 0.298 e. The van der Waals surface area contributed by atoms with Gasteiger partial charge < -0.3 is 0 Å². The maximum atomic E-state index is 11.2. The molecule has 0 bridgehead atoms. The topological polar surface area (TPSA) is 34.1 Å². The predicted molar refractivity (Wildman–Crippen MR) is 66.0 cm³/mol. The third-order valence-corrected chi connectivity index (χ3v) is 3.91. The molecule has 0 saturated heterocycles. The number of thioether (sulfide) groups is 1. The second-order valence-corrected chi connectivity index (χ2v) is 4.88. The molecular weight excluding hydrogens is 276 g/mol. The normalized spacial score (nSPS) is 12.2. The van der Waals surface area contributed by atoms with Gasteiger partial charge >= 0.3 is 0 Å². The van der Waals surface area contributed by atoms with Crippen molar-refractivity contribution in [1.82, 2.24) is 0 Å². The van der Waals surface area contributed by atoms with E-state index < -0.39 is 4.83 Å². The number of benzene rings is 1. The molecule has 0 fully saturated rings. The minimum absolute atomic E-state index is 0.00338. The zero-order valence-corrected chi connectivity index (χ0v) is 10.9. The average Bonchev–Trinajstić information content (AvgIpc) is 2.27. The van der Waals surface area contributed by atoms with Gasteiger partial charge in [-0.05, 0) is 30.9 Å². The Bertz CT molecular complexity index is 390. The molecule has 1 aromatic rings. The zero-order chi connectivity index (χ0) is 11.4. The molecule has 0 saturated carbocycles. The molecule has 80 valence electrons. The highest BCUT2D eigenvalue weighted by Crippen LogP contribution is 2.29. The van der Waals surface area contributed by atoms with Crippen molar-refractivity contribution in [3.05, 3.63) is 29.3 Å². The SMILES string of the molecule is CSc1ccc(C=O)c(C(Br)C(C)=O)c1. The van der Waals surface area contributed by atoms with E-state index in [1.807, 2.05) is 18.4 Å². The number of Topliss-reactive ketones (excluding diaryl/α,β-unsaturated/α-hetero) is 1. The van der Waals surface area contributed by atoms with Crippen LogP contribution in [0.15, 0.2) is 23.1 Å². The summed E-state index contributed by atoms with van der Waals surface area (Å²) in [5.41, 5.74) is 1.30. The van der Waals surface area contributed by atoms with Crippen molar-refractivity contribution in [3.8, 4) is 0 Å². The van der Waals surface area contributed by atoms with E-state index >= 15 is 0 Å². The molecule has 15 heavy (non-hydrogen) atoms. The van der Waals surface area contributed by atoms with Crippen molar-refractivity contribution in [2.24, 2.45) is 0 Å². The number of hydrogen-bond donors (Lipinski definition) is 0. The summed E-state index contributed by atoms with van der Waals surface area (Å²) in [6.07, 6.45) is 2.73. The Morgan fingerprint density at radius 2 is 2.20 bits per heavy atom. The van der Waals surface area contributed by atoms with Crippen LogP contribution in [0, 0.1) is 0 Å². The van der Waals surface area contributed by atoms with Crippen molar-refractivity contribution in [2.75, 3.05) is 6.26 Å². The molecule has 0 aromatic heterocycles. The lowest BCUT2D eigenvalue weighted by atomic mass is 10.0. The van der Waals surface area contributed by atoms with Crippen LogP contribution in [-0.2, 0) is 4.79 Å². The number of rotatable bonds is 4. The summed E-state index contributed by atoms with van der Waals surface area (Å²) in [5, 5.41) is 0. The van der Waals surface area contributed by atoms with Crippen LogP contribution in [0.2, 0.25) is 0 Å². The van der Waals surface area contributed by atoms with Crippen LogP contribution < -0.4 is 0 Å². The quantitative estimate of drug-likeness (QED) is 0.484. The molecule has 1 atom stereocenters. The lowest BCUT2D eigenvalue weighted by Crippen LogP contribution is -2.04. The van der Waals surface area contributed by atoms with Gasteiger partial charge in [0.05, 0.1) is 4.83 Å². The molecule has 1 unspecified atom stereocenters. The molecule has 0 aliphatic carbocycles. The van der Waals surface area contributed by atoms with Crippen LogP contribution >= 0.6 is 27.7 Å². The summed E-state index contributed by atoms with van der Waals surface area (Å²) >= 11 is 4.87. The Kier molecular flexibility index (Phi) is 4.54. The van der Waals surface area contributed by atoms with Crippen molar-refractivity contribution < 1.29 is 9.59 Å². The first-order chi connectivity index (χ1) is 7.10. The fourth-order valence-corrected chi connectivity index (χ4v) is 2.07. The maximum Gasteiger partial charge on any atom is 0.150 e. The first-order valence-corrected chi connectivity index (χ1v) is 6.51. The van der Waals surface area contributed by atoms with E-state index in [2.05, 4.69) is 15.9 Å². The van der Waals surface area contributed by atoms with Gasteiger partial charge in [-0.15, -0.1) is 11.8 Å². The van der Waals surface area contributed by atoms with E-state index in [-0.39, 0.29) is 5.78 Å². The summed E-state index contributed by atoms with van der Waals surface area (Å²) in [7, 11) is 0. The summed E-state index contributed by atoms with van der Waals surface area (Å²) in [5.74, 6) is -0.00338. The first kappa shape index (κ1) is 12.5. The van der Waals surface area contributed by atoms with E-state index in [0.717, 1.165) is 16.7 Å². The Balaban J connectivity index is 3.22. The van der Waals surface area contributed by atoms with E-state index in [1.165, 1.54) is 6.92 Å². The molecule has 0 heterocycles. The molecule has 4 heteroatoms. The highest BCUT2D eigenvalue weighted by molar-refractivity contribution is 9.09. The van der Waals surface area contributed by atoms with Gasteiger partial charge in [0.1, 0.15) is 12.1 Å². The number of hydrogen-bond acceptors (Lipinski definition) is 3. The Labute approximate surface area is 102 Å². The van der Waals surface area contributed by atoms with E-state index in [1.54, 1.807) is 17.8 Å². The molecule has 0 aliphatic rings. The molecule has 0 aliphatic heterocycles. The second-order valence-electron chi connectivity index (χ2n) is 3.09. The summed E-state index contributed by atoms with van der Waals surface area (Å²) in [6.45, 7) is 1.50. The van der Waals surface area contributed by atoms with Gasteiger partial charge in [-0.2, -0.15) is 0 Å². The highest BCUT2D eigenvalue weighted by Gasteiger charge is 2.16. The number of aldehydes is 1. The molecule has 0 amide bonds. The predicted octanol–water partition coefficient (Wildman–Crippen LogP) is 3.25. The minimum atomic E-state index is -0.398. The molecule has 1 aromatic carbocycles. The average molecular weight is 287 g/mol. The monoisotopic (exact) mass is 286 g/mol. The molecule has 0 spiro atoms. The van der Waals surface area contributed by atoms with Crippen LogP contribution in [0.1, 0.15) is 27.7 Å². The molecule has 0 N–H and O–H groups in total. The lowest BCUT2D eigenvalue weighted by Gasteiger charge is -2.10. The van der Waals surface area contributed by atoms with E-state index in [0.29, 0.717) is 5.56 Å². The fraction of sp³-hybridized carbons (Fsp3) is 0.273. The summed E-state index contributed by atoms with van der Waals surface area (Å²) < 4.78 is 0. The summed E-state index contributed by atoms with van der Waals surface area (Å²) in [6, 6.07) is 5.48. The van der Waals surface area contributed by atoms with Crippen molar-refractivity contribution in [3.63, 3.8) is 0 Å². The van der Waals surface area contributed by atoms with Crippen LogP contribution in [-0.4, -0.2) is 18.3 Å². The highest BCUT2D eigenvalue weighted by atomic mass is 79.9. The van der Waals surface area contributed by atoms with Gasteiger partial charge in [0.2, 0.25) is 0 Å². The molecule has 2 nitrogen and oxygen atoms in total. The van der Waals surface area contributed by atoms with Crippen molar-refractivity contribution in [1.29, 1.82) is 0 Å². The fourth-order valence-electron chi connectivity index (χ4n) is 1.23. The Hall–Kier alpha value is -0.610. The summed E-state index contributed by atoms with van der Waals surface area (Å²) in [4.78, 5) is 22.7. The number of carbonyl (C=O) groups is 2. The minimum Gasteiger partial charge on any atom is -0.298 e. The first-order valence-electron chi connectivity index (χ1n) is 4.37. The van der Waals surface area contributed by atoms with Gasteiger partial charge in [-0.25, -0.2) is 0 Å².